The zero-order valence-electron chi connectivity index (χ0n) is 25.5. The third kappa shape index (κ3) is 7.33. The van der Waals surface area contributed by atoms with E-state index in [1.54, 1.807) is 4.68 Å². The molecule has 4 aromatic rings. The largest absolute Gasteiger partial charge is 0.489 e. The van der Waals surface area contributed by atoms with E-state index in [0.29, 0.717) is 58.5 Å². The Labute approximate surface area is 276 Å². The summed E-state index contributed by atoms with van der Waals surface area (Å²) in [5.74, 6) is 1.37. The highest BCUT2D eigenvalue weighted by molar-refractivity contribution is 9.10. The molecule has 44 heavy (non-hydrogen) atoms. The van der Waals surface area contributed by atoms with E-state index in [4.69, 9.17) is 31.2 Å². The van der Waals surface area contributed by atoms with Crippen molar-refractivity contribution in [1.29, 1.82) is 0 Å². The van der Waals surface area contributed by atoms with Crippen molar-refractivity contribution >= 4 is 51.2 Å². The van der Waals surface area contributed by atoms with Gasteiger partial charge < -0.3 is 14.8 Å². The normalized spacial score (nSPS) is 14.7. The summed E-state index contributed by atoms with van der Waals surface area (Å²) in [5, 5.41) is 9.41. The van der Waals surface area contributed by atoms with Gasteiger partial charge in [-0.15, -0.1) is 5.10 Å². The van der Waals surface area contributed by atoms with Crippen LogP contribution in [-0.4, -0.2) is 27.3 Å². The summed E-state index contributed by atoms with van der Waals surface area (Å²) in [7, 11) is 0. The SMILES string of the molecule is CCCOC(=O)C1=C(C)Nc2nc(SCc3ccccc3Cl)nn2C1c1cc(Br)ccc1OCc1ccc(C(C)(C)C)cc1. The highest BCUT2D eigenvalue weighted by atomic mass is 79.9. The molecule has 0 aliphatic carbocycles. The number of carbonyl (C=O) groups excluding carboxylic acids is 1. The molecule has 1 aliphatic heterocycles. The van der Waals surface area contributed by atoms with Crippen molar-refractivity contribution in [2.45, 2.75) is 70.0 Å². The Morgan fingerprint density at radius 1 is 1.11 bits per heavy atom. The molecule has 5 rings (SSSR count). The lowest BCUT2D eigenvalue weighted by atomic mass is 9.87. The first-order valence-corrected chi connectivity index (χ1v) is 16.7. The van der Waals surface area contributed by atoms with E-state index in [-0.39, 0.29) is 5.41 Å². The van der Waals surface area contributed by atoms with E-state index >= 15 is 0 Å². The summed E-state index contributed by atoms with van der Waals surface area (Å²) >= 11 is 11.5. The zero-order valence-corrected chi connectivity index (χ0v) is 28.6. The number of halogens is 2. The van der Waals surface area contributed by atoms with Gasteiger partial charge in [0.25, 0.3) is 0 Å². The van der Waals surface area contributed by atoms with Crippen LogP contribution in [0.1, 0.15) is 69.3 Å². The van der Waals surface area contributed by atoms with Gasteiger partial charge in [0.2, 0.25) is 11.1 Å². The number of ether oxygens (including phenoxy) is 2. The first-order valence-electron chi connectivity index (χ1n) is 14.5. The first kappa shape index (κ1) is 32.1. The molecular weight excluding hydrogens is 660 g/mol. The summed E-state index contributed by atoms with van der Waals surface area (Å²) in [6.45, 7) is 11.1. The standard InChI is InChI=1S/C34H36BrClN4O3S/c1-6-17-42-31(41)29-21(2)37-32-38-33(44-20-23-9-7-8-10-27(23)36)39-40(32)30(29)26-18-25(35)15-16-28(26)43-19-22-11-13-24(14-12-22)34(3,4)5/h7-16,18,30H,6,17,19-20H2,1-5H3,(H,37,38,39). The van der Waals surface area contributed by atoms with Crippen LogP contribution in [0, 0.1) is 0 Å². The molecule has 7 nitrogen and oxygen atoms in total. The molecule has 0 spiro atoms. The number of carbonyl (C=O) groups is 1. The van der Waals surface area contributed by atoms with Gasteiger partial charge in [-0.2, -0.15) is 4.98 Å². The molecule has 230 valence electrons. The number of hydrogen-bond acceptors (Lipinski definition) is 7. The summed E-state index contributed by atoms with van der Waals surface area (Å²) in [5.41, 5.74) is 5.25. The van der Waals surface area contributed by atoms with Gasteiger partial charge in [-0.05, 0) is 59.7 Å². The third-order valence-corrected chi connectivity index (χ3v) is 9.03. The number of fused-ring (bicyclic) bond motifs is 1. The number of anilines is 1. The minimum atomic E-state index is -0.631. The minimum absolute atomic E-state index is 0.0697. The second-order valence-electron chi connectivity index (χ2n) is 11.7. The molecular formula is C34H36BrClN4O3S. The summed E-state index contributed by atoms with van der Waals surface area (Å²) < 4.78 is 14.7. The van der Waals surface area contributed by atoms with Crippen LogP contribution in [0.3, 0.4) is 0 Å². The van der Waals surface area contributed by atoms with Crippen LogP contribution in [0.4, 0.5) is 5.95 Å². The average molecular weight is 696 g/mol. The maximum Gasteiger partial charge on any atom is 0.338 e. The van der Waals surface area contributed by atoms with Gasteiger partial charge in [0.05, 0.1) is 12.2 Å². The molecule has 3 aromatic carbocycles. The van der Waals surface area contributed by atoms with E-state index in [2.05, 4.69) is 66.3 Å². The topological polar surface area (TPSA) is 78.3 Å². The Kier molecular flexibility index (Phi) is 10.1. The number of allylic oxidation sites excluding steroid dienone is 1. The highest BCUT2D eigenvalue weighted by Gasteiger charge is 2.37. The number of rotatable bonds is 10. The van der Waals surface area contributed by atoms with Crippen LogP contribution in [0.15, 0.2) is 87.6 Å². The van der Waals surface area contributed by atoms with Crippen LogP contribution < -0.4 is 10.1 Å². The number of nitrogens with one attached hydrogen (secondary N) is 1. The van der Waals surface area contributed by atoms with Crippen molar-refractivity contribution in [3.8, 4) is 5.75 Å². The lowest BCUT2D eigenvalue weighted by molar-refractivity contribution is -0.139. The Bertz CT molecular complexity index is 1680. The molecule has 0 amide bonds. The van der Waals surface area contributed by atoms with Gasteiger partial charge in [-0.3, -0.25) is 0 Å². The molecule has 10 heteroatoms. The predicted molar refractivity (Wildman–Crippen MR) is 180 cm³/mol. The summed E-state index contributed by atoms with van der Waals surface area (Å²) in [4.78, 5) is 18.3. The maximum atomic E-state index is 13.6. The van der Waals surface area contributed by atoms with Crippen LogP contribution in [-0.2, 0) is 27.3 Å². The molecule has 1 unspecified atom stereocenters. The molecule has 1 aliphatic rings. The van der Waals surface area contributed by atoms with E-state index < -0.39 is 12.0 Å². The number of thioether (sulfide) groups is 1. The number of esters is 1. The van der Waals surface area contributed by atoms with Gasteiger partial charge in [0.1, 0.15) is 18.4 Å². The number of benzene rings is 3. The van der Waals surface area contributed by atoms with Crippen LogP contribution in [0.25, 0.3) is 0 Å². The molecule has 1 atom stereocenters. The van der Waals surface area contributed by atoms with E-state index in [0.717, 1.165) is 21.2 Å². The van der Waals surface area contributed by atoms with Crippen molar-refractivity contribution < 1.29 is 14.3 Å². The summed E-state index contributed by atoms with van der Waals surface area (Å²) in [6, 6.07) is 21.4. The molecule has 0 saturated heterocycles. The van der Waals surface area contributed by atoms with Gasteiger partial charge >= 0.3 is 5.97 Å². The van der Waals surface area contributed by atoms with E-state index in [9.17, 15) is 4.79 Å². The van der Waals surface area contributed by atoms with Crippen molar-refractivity contribution in [2.75, 3.05) is 11.9 Å². The lowest BCUT2D eigenvalue weighted by Crippen LogP contribution is -2.30. The lowest BCUT2D eigenvalue weighted by Gasteiger charge is -2.29. The monoisotopic (exact) mass is 694 g/mol. The molecule has 0 saturated carbocycles. The Hall–Kier alpha value is -3.27. The molecule has 0 radical (unpaired) electrons. The number of hydrogen-bond donors (Lipinski definition) is 1. The minimum Gasteiger partial charge on any atom is -0.489 e. The quantitative estimate of drug-likeness (QED) is 0.131. The highest BCUT2D eigenvalue weighted by Crippen LogP contribution is 2.42. The van der Waals surface area contributed by atoms with Gasteiger partial charge in [-0.1, -0.05) is 109 Å². The van der Waals surface area contributed by atoms with Crippen LogP contribution in [0.5, 0.6) is 5.75 Å². The fraction of sp³-hybridized carbons (Fsp3) is 0.324. The Balaban J connectivity index is 1.50. The fourth-order valence-corrected chi connectivity index (χ4v) is 6.39. The average Bonchev–Trinajstić information content (AvgIpc) is 3.40. The molecule has 0 bridgehead atoms. The fourth-order valence-electron chi connectivity index (χ4n) is 4.90. The third-order valence-electron chi connectivity index (χ3n) is 7.29. The number of aromatic nitrogens is 3. The van der Waals surface area contributed by atoms with Crippen LogP contribution in [0.2, 0.25) is 5.02 Å². The van der Waals surface area contributed by atoms with E-state index in [1.165, 1.54) is 17.3 Å². The van der Waals surface area contributed by atoms with Gasteiger partial charge in [0.15, 0.2) is 0 Å². The second-order valence-corrected chi connectivity index (χ2v) is 13.9. The Morgan fingerprint density at radius 2 is 1.86 bits per heavy atom. The van der Waals surface area contributed by atoms with Crippen molar-refractivity contribution in [2.24, 2.45) is 0 Å². The zero-order chi connectivity index (χ0) is 31.4. The first-order chi connectivity index (χ1) is 21.0. The number of nitrogens with zero attached hydrogens (tertiary/aromatic N) is 3. The molecule has 1 N–H and O–H groups in total. The van der Waals surface area contributed by atoms with Crippen molar-refractivity contribution in [1.82, 2.24) is 14.8 Å². The van der Waals surface area contributed by atoms with Gasteiger partial charge in [-0.25, -0.2) is 9.48 Å². The molecule has 1 aromatic heterocycles. The maximum absolute atomic E-state index is 13.6. The smallest absolute Gasteiger partial charge is 0.338 e. The van der Waals surface area contributed by atoms with Gasteiger partial charge in [0, 0.05) is 26.5 Å². The summed E-state index contributed by atoms with van der Waals surface area (Å²) in [6.07, 6.45) is 0.715. The van der Waals surface area contributed by atoms with E-state index in [1.807, 2.05) is 56.3 Å². The molecule has 0 fully saturated rings. The molecule has 2 heterocycles. The van der Waals surface area contributed by atoms with Crippen molar-refractivity contribution in [3.05, 3.63) is 110 Å². The Morgan fingerprint density at radius 3 is 2.57 bits per heavy atom. The van der Waals surface area contributed by atoms with Crippen LogP contribution >= 0.6 is 39.3 Å². The predicted octanol–water partition coefficient (Wildman–Crippen LogP) is 9.10. The second kappa shape index (κ2) is 13.8. The van der Waals surface area contributed by atoms with Crippen molar-refractivity contribution in [3.63, 3.8) is 0 Å².